The summed E-state index contributed by atoms with van der Waals surface area (Å²) < 4.78 is 4.68. The lowest BCUT2D eigenvalue weighted by Gasteiger charge is -2.06. The number of ether oxygens (including phenoxy) is 1. The van der Waals surface area contributed by atoms with Crippen LogP contribution in [0.15, 0.2) is 24.3 Å². The van der Waals surface area contributed by atoms with Crippen molar-refractivity contribution in [3.8, 4) is 0 Å². The van der Waals surface area contributed by atoms with Crippen LogP contribution >= 0.6 is 0 Å². The van der Waals surface area contributed by atoms with Gasteiger partial charge < -0.3 is 15.4 Å². The van der Waals surface area contributed by atoms with Gasteiger partial charge in [-0.1, -0.05) is 0 Å². The summed E-state index contributed by atoms with van der Waals surface area (Å²) in [6, 6.07) is 6.41. The van der Waals surface area contributed by atoms with Gasteiger partial charge in [0.25, 0.3) is 5.91 Å². The predicted molar refractivity (Wildman–Crippen MR) is 74.3 cm³/mol. The highest BCUT2D eigenvalue weighted by Gasteiger charge is 2.10. The smallest absolute Gasteiger partial charge is 0.315 e. The molecular weight excluding hydrogens is 260 g/mol. The molecule has 0 saturated carbocycles. The number of benzene rings is 1. The third-order valence-electron chi connectivity index (χ3n) is 2.38. The lowest BCUT2D eigenvalue weighted by Crippen LogP contribution is -2.22. The van der Waals surface area contributed by atoms with Gasteiger partial charge in [-0.15, -0.1) is 0 Å². The van der Waals surface area contributed by atoms with Crippen LogP contribution in [0.5, 0.6) is 0 Å². The number of nitrogens with one attached hydrogen (secondary N) is 2. The van der Waals surface area contributed by atoms with E-state index in [4.69, 9.17) is 0 Å². The average Bonchev–Trinajstić information content (AvgIpc) is 2.39. The first-order valence-corrected chi connectivity index (χ1v) is 6.40. The summed E-state index contributed by atoms with van der Waals surface area (Å²) in [5.74, 6) is -1.19. The zero-order valence-electron chi connectivity index (χ0n) is 11.6. The first kappa shape index (κ1) is 15.7. The molecule has 2 amide bonds. The SMILES string of the molecule is CCNC(=O)c1ccc(NC(=O)CC(=O)OCC)cc1. The number of anilines is 1. The van der Waals surface area contributed by atoms with Gasteiger partial charge in [-0.3, -0.25) is 14.4 Å². The summed E-state index contributed by atoms with van der Waals surface area (Å²) in [7, 11) is 0. The molecule has 0 unspecified atom stereocenters. The van der Waals surface area contributed by atoms with E-state index in [1.54, 1.807) is 31.2 Å². The molecule has 108 valence electrons. The number of carbonyl (C=O) groups is 3. The summed E-state index contributed by atoms with van der Waals surface area (Å²) >= 11 is 0. The maximum atomic E-state index is 11.5. The second kappa shape index (κ2) is 7.93. The molecule has 1 rings (SSSR count). The summed E-state index contributed by atoms with van der Waals surface area (Å²) in [6.45, 7) is 4.31. The van der Waals surface area contributed by atoms with Gasteiger partial charge in [0.15, 0.2) is 0 Å². The number of esters is 1. The summed E-state index contributed by atoms with van der Waals surface area (Å²) in [6.07, 6.45) is -0.327. The minimum absolute atomic E-state index is 0.170. The fourth-order valence-corrected chi connectivity index (χ4v) is 1.52. The predicted octanol–water partition coefficient (Wildman–Crippen LogP) is 1.33. The molecular formula is C14H18N2O4. The van der Waals surface area contributed by atoms with Crippen molar-refractivity contribution in [2.45, 2.75) is 20.3 Å². The molecule has 0 spiro atoms. The monoisotopic (exact) mass is 278 g/mol. The lowest BCUT2D eigenvalue weighted by atomic mass is 10.2. The largest absolute Gasteiger partial charge is 0.466 e. The number of hydrogen-bond donors (Lipinski definition) is 2. The molecule has 0 aliphatic rings. The molecule has 2 N–H and O–H groups in total. The molecule has 1 aromatic rings. The van der Waals surface area contributed by atoms with Crippen LogP contribution in [0.25, 0.3) is 0 Å². The van der Waals surface area contributed by atoms with Crippen molar-refractivity contribution in [1.82, 2.24) is 5.32 Å². The minimum atomic E-state index is -0.566. The highest BCUT2D eigenvalue weighted by Crippen LogP contribution is 2.10. The molecule has 0 aromatic heterocycles. The van der Waals surface area contributed by atoms with Gasteiger partial charge >= 0.3 is 5.97 Å². The summed E-state index contributed by atoms with van der Waals surface area (Å²) in [4.78, 5) is 34.2. The van der Waals surface area contributed by atoms with Crippen molar-refractivity contribution < 1.29 is 19.1 Å². The van der Waals surface area contributed by atoms with Crippen molar-refractivity contribution >= 4 is 23.5 Å². The Kier molecular flexibility index (Phi) is 6.22. The van der Waals surface area contributed by atoms with Crippen LogP contribution in [0.4, 0.5) is 5.69 Å². The topological polar surface area (TPSA) is 84.5 Å². The Hall–Kier alpha value is -2.37. The molecule has 0 radical (unpaired) electrons. The van der Waals surface area contributed by atoms with Crippen LogP contribution in [0.1, 0.15) is 30.6 Å². The van der Waals surface area contributed by atoms with Crippen molar-refractivity contribution in [3.05, 3.63) is 29.8 Å². The third kappa shape index (κ3) is 5.09. The van der Waals surface area contributed by atoms with Gasteiger partial charge in [-0.2, -0.15) is 0 Å². The van der Waals surface area contributed by atoms with E-state index < -0.39 is 11.9 Å². The van der Waals surface area contributed by atoms with E-state index in [2.05, 4.69) is 15.4 Å². The number of amides is 2. The van der Waals surface area contributed by atoms with E-state index in [1.807, 2.05) is 6.92 Å². The van der Waals surface area contributed by atoms with E-state index in [0.29, 0.717) is 17.8 Å². The zero-order chi connectivity index (χ0) is 15.0. The van der Waals surface area contributed by atoms with Crippen LogP contribution in [0.2, 0.25) is 0 Å². The molecule has 6 heteroatoms. The summed E-state index contributed by atoms with van der Waals surface area (Å²) in [5.41, 5.74) is 1.03. The van der Waals surface area contributed by atoms with Crippen LogP contribution in [0.3, 0.4) is 0 Å². The average molecular weight is 278 g/mol. The fraction of sp³-hybridized carbons (Fsp3) is 0.357. The summed E-state index contributed by atoms with van der Waals surface area (Å²) in [5, 5.41) is 5.23. The highest BCUT2D eigenvalue weighted by atomic mass is 16.5. The van der Waals surface area contributed by atoms with Gasteiger partial charge in [0.1, 0.15) is 6.42 Å². The normalized spacial score (nSPS) is 9.70. The highest BCUT2D eigenvalue weighted by molar-refractivity contribution is 6.02. The molecule has 0 fully saturated rings. The van der Waals surface area contributed by atoms with E-state index in [1.165, 1.54) is 0 Å². The van der Waals surface area contributed by atoms with Crippen molar-refractivity contribution in [2.24, 2.45) is 0 Å². The Labute approximate surface area is 117 Å². The lowest BCUT2D eigenvalue weighted by molar-refractivity contribution is -0.145. The zero-order valence-corrected chi connectivity index (χ0v) is 11.6. The molecule has 0 atom stereocenters. The van der Waals surface area contributed by atoms with E-state index in [0.717, 1.165) is 0 Å². The van der Waals surface area contributed by atoms with E-state index in [-0.39, 0.29) is 18.9 Å². The Morgan fingerprint density at radius 2 is 1.75 bits per heavy atom. The molecule has 20 heavy (non-hydrogen) atoms. The van der Waals surface area contributed by atoms with Crippen LogP contribution < -0.4 is 10.6 Å². The maximum Gasteiger partial charge on any atom is 0.315 e. The Morgan fingerprint density at radius 3 is 2.30 bits per heavy atom. The quantitative estimate of drug-likeness (QED) is 0.607. The second-order valence-electron chi connectivity index (χ2n) is 3.97. The van der Waals surface area contributed by atoms with E-state index in [9.17, 15) is 14.4 Å². The van der Waals surface area contributed by atoms with Crippen LogP contribution in [-0.4, -0.2) is 30.9 Å². The van der Waals surface area contributed by atoms with E-state index >= 15 is 0 Å². The van der Waals surface area contributed by atoms with Gasteiger partial charge in [0, 0.05) is 17.8 Å². The number of carbonyl (C=O) groups excluding carboxylic acids is 3. The van der Waals surface area contributed by atoms with Crippen molar-refractivity contribution in [3.63, 3.8) is 0 Å². The van der Waals surface area contributed by atoms with Gasteiger partial charge in [-0.25, -0.2) is 0 Å². The molecule has 0 heterocycles. The van der Waals surface area contributed by atoms with Crippen LogP contribution in [0, 0.1) is 0 Å². The maximum absolute atomic E-state index is 11.5. The number of rotatable bonds is 6. The minimum Gasteiger partial charge on any atom is -0.466 e. The van der Waals surface area contributed by atoms with Gasteiger partial charge in [0.2, 0.25) is 5.91 Å². The Balaban J connectivity index is 2.55. The van der Waals surface area contributed by atoms with Gasteiger partial charge in [-0.05, 0) is 38.1 Å². The standard InChI is InChI=1S/C14H18N2O4/c1-3-15-14(19)10-5-7-11(8-6-10)16-12(17)9-13(18)20-4-2/h5-8H,3-4,9H2,1-2H3,(H,15,19)(H,16,17). The first-order valence-electron chi connectivity index (χ1n) is 6.40. The molecule has 1 aromatic carbocycles. The molecule has 0 aliphatic heterocycles. The van der Waals surface area contributed by atoms with Gasteiger partial charge in [0.05, 0.1) is 6.61 Å². The molecule has 0 aliphatic carbocycles. The van der Waals surface area contributed by atoms with Crippen molar-refractivity contribution in [1.29, 1.82) is 0 Å². The molecule has 0 bridgehead atoms. The second-order valence-corrected chi connectivity index (χ2v) is 3.97. The van der Waals surface area contributed by atoms with Crippen LogP contribution in [-0.2, 0) is 14.3 Å². The third-order valence-corrected chi connectivity index (χ3v) is 2.38. The fourth-order valence-electron chi connectivity index (χ4n) is 1.52. The molecule has 0 saturated heterocycles. The number of hydrogen-bond acceptors (Lipinski definition) is 4. The van der Waals surface area contributed by atoms with Crippen molar-refractivity contribution in [2.75, 3.05) is 18.5 Å². The Morgan fingerprint density at radius 1 is 1.10 bits per heavy atom. The first-order chi connectivity index (χ1) is 9.56. The Bertz CT molecular complexity index is 482. The molecule has 6 nitrogen and oxygen atoms in total.